The summed E-state index contributed by atoms with van der Waals surface area (Å²) in [5, 5.41) is 3.70. The Balaban J connectivity index is 1.87. The van der Waals surface area contributed by atoms with E-state index in [1.54, 1.807) is 26.2 Å². The van der Waals surface area contributed by atoms with Gasteiger partial charge in [0.15, 0.2) is 0 Å². The third-order valence-electron chi connectivity index (χ3n) is 2.55. The van der Waals surface area contributed by atoms with Gasteiger partial charge in [0.05, 0.1) is 5.56 Å². The Bertz CT molecular complexity index is 485. The van der Waals surface area contributed by atoms with Crippen LogP contribution in [0.5, 0.6) is 0 Å². The Morgan fingerprint density at radius 2 is 2.00 bits per heavy atom. The minimum absolute atomic E-state index is 0.468. The fourth-order valence-corrected chi connectivity index (χ4v) is 2.53. The number of carbonyl (C=O) groups excluding carboxylic acids is 2. The second-order valence-corrected chi connectivity index (χ2v) is 6.25. The van der Waals surface area contributed by atoms with Crippen molar-refractivity contribution in [3.63, 3.8) is 0 Å². The second-order valence-electron chi connectivity index (χ2n) is 5.51. The molecular formula is C13H17NO4S. The maximum absolute atomic E-state index is 11.8. The highest BCUT2D eigenvalue weighted by molar-refractivity contribution is 7.08. The normalized spacial score (nSPS) is 14.9. The van der Waals surface area contributed by atoms with Crippen LogP contribution >= 0.6 is 11.3 Å². The van der Waals surface area contributed by atoms with Gasteiger partial charge < -0.3 is 9.57 Å². The molecule has 1 heterocycles. The van der Waals surface area contributed by atoms with Gasteiger partial charge in [0.2, 0.25) is 0 Å². The molecular weight excluding hydrogens is 266 g/mol. The zero-order valence-corrected chi connectivity index (χ0v) is 12.0. The fourth-order valence-electron chi connectivity index (χ4n) is 1.63. The Morgan fingerprint density at radius 3 is 2.58 bits per heavy atom. The first-order valence-corrected chi connectivity index (χ1v) is 7.07. The molecule has 1 fully saturated rings. The zero-order valence-electron chi connectivity index (χ0n) is 11.2. The fraction of sp³-hybridized carbons (Fsp3) is 0.538. The molecule has 0 bridgehead atoms. The van der Waals surface area contributed by atoms with Crippen molar-refractivity contribution in [2.24, 2.45) is 0 Å². The number of hydrogen-bond acceptors (Lipinski definition) is 5. The number of hydrogen-bond donors (Lipinski definition) is 1. The summed E-state index contributed by atoms with van der Waals surface area (Å²) in [6.07, 6.45) is 1.44. The van der Waals surface area contributed by atoms with E-state index in [1.807, 2.05) is 10.9 Å². The molecule has 0 aliphatic heterocycles. The monoisotopic (exact) mass is 283 g/mol. The highest BCUT2D eigenvalue weighted by Crippen LogP contribution is 2.43. The van der Waals surface area contributed by atoms with Crippen LogP contribution in [0.3, 0.4) is 0 Å². The molecule has 0 radical (unpaired) electrons. The summed E-state index contributed by atoms with van der Waals surface area (Å²) in [4.78, 5) is 28.0. The van der Waals surface area contributed by atoms with Gasteiger partial charge in [-0.3, -0.25) is 0 Å². The molecule has 19 heavy (non-hydrogen) atoms. The molecule has 1 N–H and O–H groups in total. The Labute approximate surface area is 115 Å². The highest BCUT2D eigenvalue weighted by Gasteiger charge is 2.29. The van der Waals surface area contributed by atoms with Crippen molar-refractivity contribution in [1.29, 1.82) is 0 Å². The van der Waals surface area contributed by atoms with Crippen LogP contribution in [0.1, 0.15) is 55.5 Å². The maximum Gasteiger partial charge on any atom is 0.441 e. The van der Waals surface area contributed by atoms with E-state index in [9.17, 15) is 9.59 Å². The quantitative estimate of drug-likeness (QED) is 0.846. The van der Waals surface area contributed by atoms with Gasteiger partial charge in [0.1, 0.15) is 5.60 Å². The average molecular weight is 283 g/mol. The predicted molar refractivity (Wildman–Crippen MR) is 71.1 cm³/mol. The summed E-state index contributed by atoms with van der Waals surface area (Å²) < 4.78 is 4.97. The van der Waals surface area contributed by atoms with E-state index in [-0.39, 0.29) is 0 Å². The predicted octanol–water partition coefficient (Wildman–Crippen LogP) is 3.22. The van der Waals surface area contributed by atoms with Gasteiger partial charge >= 0.3 is 12.1 Å². The first-order valence-electron chi connectivity index (χ1n) is 6.13. The van der Waals surface area contributed by atoms with Crippen LogP contribution in [0, 0.1) is 0 Å². The zero-order chi connectivity index (χ0) is 14.0. The van der Waals surface area contributed by atoms with Crippen molar-refractivity contribution in [3.8, 4) is 0 Å². The lowest BCUT2D eigenvalue weighted by Gasteiger charge is -2.19. The highest BCUT2D eigenvalue weighted by atomic mass is 32.1. The minimum Gasteiger partial charge on any atom is -0.442 e. The van der Waals surface area contributed by atoms with E-state index >= 15 is 0 Å². The van der Waals surface area contributed by atoms with Crippen LogP contribution in [0.4, 0.5) is 4.79 Å². The maximum atomic E-state index is 11.8. The van der Waals surface area contributed by atoms with Crippen molar-refractivity contribution in [2.45, 2.75) is 45.1 Å². The van der Waals surface area contributed by atoms with Crippen LogP contribution in [0.2, 0.25) is 0 Å². The summed E-state index contributed by atoms with van der Waals surface area (Å²) in [6.45, 7) is 5.20. The number of thiophene rings is 1. The lowest BCUT2D eigenvalue weighted by atomic mass is 10.1. The largest absolute Gasteiger partial charge is 0.442 e. The molecule has 1 aliphatic carbocycles. The first-order chi connectivity index (χ1) is 8.87. The molecule has 1 aromatic rings. The summed E-state index contributed by atoms with van der Waals surface area (Å²) in [7, 11) is 0. The standard InChI is InChI=1S/C13H17NO4S/c1-13(2,3)17-12(16)14-18-11(15)10-7-19-6-9(10)8-4-5-8/h6-8H,4-5H2,1-3H3,(H,14,16). The molecule has 1 aromatic heterocycles. The SMILES string of the molecule is CC(C)(C)OC(=O)NOC(=O)c1cscc1C1CC1. The number of amides is 1. The second kappa shape index (κ2) is 5.21. The van der Waals surface area contributed by atoms with Crippen molar-refractivity contribution in [2.75, 3.05) is 0 Å². The van der Waals surface area contributed by atoms with Crippen molar-refractivity contribution < 1.29 is 19.2 Å². The van der Waals surface area contributed by atoms with E-state index < -0.39 is 17.7 Å². The molecule has 6 heteroatoms. The first kappa shape index (κ1) is 13.9. The molecule has 0 aromatic carbocycles. The van der Waals surface area contributed by atoms with Gasteiger partial charge in [-0.2, -0.15) is 11.3 Å². The van der Waals surface area contributed by atoms with Gasteiger partial charge in [-0.05, 0) is 50.5 Å². The van der Waals surface area contributed by atoms with E-state index in [0.717, 1.165) is 18.4 Å². The van der Waals surface area contributed by atoms with E-state index in [2.05, 4.69) is 0 Å². The molecule has 1 saturated carbocycles. The number of carbonyl (C=O) groups is 2. The van der Waals surface area contributed by atoms with E-state index in [1.165, 1.54) is 11.3 Å². The number of nitrogens with one attached hydrogen (secondary N) is 1. The summed E-state index contributed by atoms with van der Waals surface area (Å²) in [6, 6.07) is 0. The van der Waals surface area contributed by atoms with Gasteiger partial charge in [-0.1, -0.05) is 0 Å². The van der Waals surface area contributed by atoms with Gasteiger partial charge in [0, 0.05) is 5.38 Å². The van der Waals surface area contributed by atoms with Crippen LogP contribution in [-0.4, -0.2) is 17.7 Å². The van der Waals surface area contributed by atoms with Crippen LogP contribution in [0.25, 0.3) is 0 Å². The Morgan fingerprint density at radius 1 is 1.32 bits per heavy atom. The Kier molecular flexibility index (Phi) is 3.80. The van der Waals surface area contributed by atoms with Gasteiger partial charge in [-0.15, -0.1) is 5.48 Å². The lowest BCUT2D eigenvalue weighted by molar-refractivity contribution is -0.00133. The van der Waals surface area contributed by atoms with Gasteiger partial charge in [-0.25, -0.2) is 9.59 Å². The number of ether oxygens (including phenoxy) is 1. The van der Waals surface area contributed by atoms with Crippen LogP contribution in [0.15, 0.2) is 10.8 Å². The molecule has 0 unspecified atom stereocenters. The van der Waals surface area contributed by atoms with Crippen LogP contribution < -0.4 is 5.48 Å². The molecule has 104 valence electrons. The summed E-state index contributed by atoms with van der Waals surface area (Å²) in [5.74, 6) is -0.0793. The average Bonchev–Trinajstić information content (AvgIpc) is 3.01. The summed E-state index contributed by atoms with van der Waals surface area (Å²) >= 11 is 1.46. The van der Waals surface area contributed by atoms with Crippen molar-refractivity contribution in [3.05, 3.63) is 21.9 Å². The third-order valence-corrected chi connectivity index (χ3v) is 3.32. The molecule has 1 aliphatic rings. The van der Waals surface area contributed by atoms with Crippen molar-refractivity contribution in [1.82, 2.24) is 5.48 Å². The molecule has 5 nitrogen and oxygen atoms in total. The smallest absolute Gasteiger partial charge is 0.441 e. The third kappa shape index (κ3) is 3.96. The van der Waals surface area contributed by atoms with Crippen LogP contribution in [-0.2, 0) is 9.57 Å². The molecule has 0 atom stereocenters. The molecule has 2 rings (SSSR count). The number of rotatable bonds is 2. The molecule has 0 spiro atoms. The van der Waals surface area contributed by atoms with Gasteiger partial charge in [0.25, 0.3) is 0 Å². The topological polar surface area (TPSA) is 64.6 Å². The Hall–Kier alpha value is -1.56. The van der Waals surface area contributed by atoms with Crippen molar-refractivity contribution >= 4 is 23.4 Å². The lowest BCUT2D eigenvalue weighted by Crippen LogP contribution is -2.34. The summed E-state index contributed by atoms with van der Waals surface area (Å²) in [5.41, 5.74) is 2.93. The molecule has 0 saturated heterocycles. The molecule has 1 amide bonds. The van der Waals surface area contributed by atoms with E-state index in [4.69, 9.17) is 9.57 Å². The number of hydroxylamine groups is 1. The minimum atomic E-state index is -0.774. The van der Waals surface area contributed by atoms with E-state index in [0.29, 0.717) is 11.5 Å².